The van der Waals surface area contributed by atoms with Gasteiger partial charge in [0, 0.05) is 5.39 Å². The average Bonchev–Trinajstić information content (AvgIpc) is 2.60. The molecule has 0 spiro atoms. The van der Waals surface area contributed by atoms with Gasteiger partial charge in [-0.3, -0.25) is 0 Å². The summed E-state index contributed by atoms with van der Waals surface area (Å²) in [6, 6.07) is 9.61. The maximum atomic E-state index is 9.54. The Morgan fingerprint density at radius 3 is 2.26 bits per heavy atom. The number of fused-ring (bicyclic) bond motifs is 1. The first-order valence-electron chi connectivity index (χ1n) is 8.69. The van der Waals surface area contributed by atoms with E-state index < -0.39 is 0 Å². The molecule has 0 amide bonds. The van der Waals surface area contributed by atoms with Crippen LogP contribution in [0.5, 0.6) is 5.75 Å². The fourth-order valence-corrected chi connectivity index (χ4v) is 2.99. The largest absolute Gasteiger partial charge is 0.493 e. The van der Waals surface area contributed by atoms with Crippen molar-refractivity contribution in [3.05, 3.63) is 41.5 Å². The maximum Gasteiger partial charge on any atom is 0.127 e. The lowest BCUT2D eigenvalue weighted by molar-refractivity contribution is 0.278. The molecule has 2 rings (SSSR count). The highest BCUT2D eigenvalue weighted by Crippen LogP contribution is 2.31. The molecule has 0 atom stereocenters. The quantitative estimate of drug-likeness (QED) is 0.632. The fourth-order valence-electron chi connectivity index (χ4n) is 2.99. The van der Waals surface area contributed by atoms with Crippen LogP contribution in [0.1, 0.15) is 56.6 Å². The van der Waals surface area contributed by atoms with Gasteiger partial charge in [0.1, 0.15) is 5.75 Å². The number of unbranched alkanes of at least 4 members (excludes halogenated alkanes) is 5. The van der Waals surface area contributed by atoms with Crippen molar-refractivity contribution in [2.75, 3.05) is 6.61 Å². The highest BCUT2D eigenvalue weighted by molar-refractivity contribution is 5.93. The molecule has 2 aromatic rings. The van der Waals surface area contributed by atoms with E-state index in [1.165, 1.54) is 32.1 Å². The Bertz CT molecular complexity index is 597. The molecule has 0 saturated heterocycles. The number of hydrogen-bond donors (Lipinski definition) is 2. The lowest BCUT2D eigenvalue weighted by Crippen LogP contribution is -2.00. The second kappa shape index (κ2) is 9.53. The third-order valence-corrected chi connectivity index (χ3v) is 4.27. The third kappa shape index (κ3) is 4.69. The van der Waals surface area contributed by atoms with Crippen molar-refractivity contribution in [2.45, 2.75) is 58.7 Å². The molecular formula is C20H28O3. The van der Waals surface area contributed by atoms with E-state index in [1.54, 1.807) is 0 Å². The van der Waals surface area contributed by atoms with Gasteiger partial charge in [-0.15, -0.1) is 0 Å². The van der Waals surface area contributed by atoms with Crippen molar-refractivity contribution < 1.29 is 14.9 Å². The van der Waals surface area contributed by atoms with Crippen LogP contribution in [0.2, 0.25) is 0 Å². The highest BCUT2D eigenvalue weighted by Gasteiger charge is 2.10. The van der Waals surface area contributed by atoms with E-state index in [4.69, 9.17) is 4.74 Å². The Morgan fingerprint density at radius 1 is 0.826 bits per heavy atom. The van der Waals surface area contributed by atoms with E-state index in [-0.39, 0.29) is 13.2 Å². The molecule has 0 radical (unpaired) electrons. The zero-order valence-electron chi connectivity index (χ0n) is 14.1. The Labute approximate surface area is 138 Å². The topological polar surface area (TPSA) is 49.7 Å². The van der Waals surface area contributed by atoms with E-state index in [2.05, 4.69) is 6.92 Å². The summed E-state index contributed by atoms with van der Waals surface area (Å²) in [5.74, 6) is 0.834. The molecule has 126 valence electrons. The Morgan fingerprint density at radius 2 is 1.52 bits per heavy atom. The van der Waals surface area contributed by atoms with Gasteiger partial charge in [-0.25, -0.2) is 0 Å². The summed E-state index contributed by atoms with van der Waals surface area (Å²) >= 11 is 0. The minimum atomic E-state index is -0.0365. The van der Waals surface area contributed by atoms with Crippen molar-refractivity contribution in [2.24, 2.45) is 0 Å². The van der Waals surface area contributed by atoms with Crippen molar-refractivity contribution in [1.29, 1.82) is 0 Å². The predicted molar refractivity (Wildman–Crippen MR) is 94.7 cm³/mol. The number of ether oxygens (including phenoxy) is 1. The third-order valence-electron chi connectivity index (χ3n) is 4.27. The minimum Gasteiger partial charge on any atom is -0.493 e. The summed E-state index contributed by atoms with van der Waals surface area (Å²) in [5.41, 5.74) is 1.66. The van der Waals surface area contributed by atoms with Crippen LogP contribution in [0.4, 0.5) is 0 Å². The molecule has 0 heterocycles. The van der Waals surface area contributed by atoms with E-state index in [1.807, 2.05) is 30.3 Å². The standard InChI is InChI=1S/C20H28O3/c1-2-3-4-5-6-7-13-23-19-12-11-17(15-22)20-16(14-21)9-8-10-18(19)20/h8-12,21-22H,2-7,13-15H2,1H3. The molecule has 0 unspecified atom stereocenters. The molecular weight excluding hydrogens is 288 g/mol. The molecule has 0 aliphatic rings. The Kier molecular flexibility index (Phi) is 7.37. The van der Waals surface area contributed by atoms with Crippen LogP contribution in [-0.2, 0) is 13.2 Å². The van der Waals surface area contributed by atoms with E-state index >= 15 is 0 Å². The van der Waals surface area contributed by atoms with Crippen LogP contribution < -0.4 is 4.74 Å². The van der Waals surface area contributed by atoms with Crippen LogP contribution in [0, 0.1) is 0 Å². The summed E-state index contributed by atoms with van der Waals surface area (Å²) in [7, 11) is 0. The van der Waals surface area contributed by atoms with Gasteiger partial charge in [0.25, 0.3) is 0 Å². The summed E-state index contributed by atoms with van der Waals surface area (Å²) in [6.07, 6.45) is 7.44. The number of benzene rings is 2. The molecule has 0 bridgehead atoms. The zero-order chi connectivity index (χ0) is 16.5. The first kappa shape index (κ1) is 17.8. The number of hydrogen-bond acceptors (Lipinski definition) is 3. The van der Waals surface area contributed by atoms with Crippen molar-refractivity contribution in [3.8, 4) is 5.75 Å². The van der Waals surface area contributed by atoms with Gasteiger partial charge < -0.3 is 14.9 Å². The monoisotopic (exact) mass is 316 g/mol. The molecule has 2 aromatic carbocycles. The van der Waals surface area contributed by atoms with Gasteiger partial charge in [-0.05, 0) is 29.0 Å². The Balaban J connectivity index is 2.04. The van der Waals surface area contributed by atoms with Gasteiger partial charge in [0.2, 0.25) is 0 Å². The Hall–Kier alpha value is -1.58. The normalized spacial score (nSPS) is 11.1. The molecule has 2 N–H and O–H groups in total. The van der Waals surface area contributed by atoms with E-state index in [9.17, 15) is 10.2 Å². The van der Waals surface area contributed by atoms with Crippen LogP contribution in [-0.4, -0.2) is 16.8 Å². The van der Waals surface area contributed by atoms with Crippen molar-refractivity contribution >= 4 is 10.8 Å². The first-order valence-corrected chi connectivity index (χ1v) is 8.69. The van der Waals surface area contributed by atoms with Gasteiger partial charge in [0.05, 0.1) is 19.8 Å². The smallest absolute Gasteiger partial charge is 0.127 e. The van der Waals surface area contributed by atoms with E-state index in [0.29, 0.717) is 6.61 Å². The first-order chi connectivity index (χ1) is 11.3. The lowest BCUT2D eigenvalue weighted by Gasteiger charge is -2.14. The van der Waals surface area contributed by atoms with Crippen LogP contribution in [0.25, 0.3) is 10.8 Å². The molecule has 0 aromatic heterocycles. The van der Waals surface area contributed by atoms with Crippen LogP contribution in [0.15, 0.2) is 30.3 Å². The molecule has 0 saturated carbocycles. The average molecular weight is 316 g/mol. The molecule has 0 fully saturated rings. The van der Waals surface area contributed by atoms with Crippen molar-refractivity contribution in [3.63, 3.8) is 0 Å². The lowest BCUT2D eigenvalue weighted by atomic mass is 9.99. The fraction of sp³-hybridized carbons (Fsp3) is 0.500. The minimum absolute atomic E-state index is 0.0365. The summed E-state index contributed by atoms with van der Waals surface area (Å²) in [4.78, 5) is 0. The molecule has 23 heavy (non-hydrogen) atoms. The molecule has 0 aliphatic carbocycles. The van der Waals surface area contributed by atoms with Gasteiger partial charge in [0.15, 0.2) is 0 Å². The number of aliphatic hydroxyl groups is 2. The van der Waals surface area contributed by atoms with Crippen LogP contribution in [0.3, 0.4) is 0 Å². The zero-order valence-corrected chi connectivity index (χ0v) is 14.1. The molecule has 0 aliphatic heterocycles. The molecule has 3 nitrogen and oxygen atoms in total. The summed E-state index contributed by atoms with van der Waals surface area (Å²) in [5, 5.41) is 21.0. The van der Waals surface area contributed by atoms with Gasteiger partial charge in [-0.1, -0.05) is 63.3 Å². The summed E-state index contributed by atoms with van der Waals surface area (Å²) in [6.45, 7) is 2.87. The maximum absolute atomic E-state index is 9.54. The van der Waals surface area contributed by atoms with Crippen molar-refractivity contribution in [1.82, 2.24) is 0 Å². The van der Waals surface area contributed by atoms with E-state index in [0.717, 1.165) is 34.1 Å². The SMILES string of the molecule is CCCCCCCCOc1ccc(CO)c2c(CO)cccc12. The predicted octanol–water partition coefficient (Wildman–Crippen LogP) is 4.56. The van der Waals surface area contributed by atoms with Crippen LogP contribution >= 0.6 is 0 Å². The highest BCUT2D eigenvalue weighted by atomic mass is 16.5. The summed E-state index contributed by atoms with van der Waals surface area (Å²) < 4.78 is 5.96. The second-order valence-corrected chi connectivity index (χ2v) is 5.99. The number of rotatable bonds is 10. The second-order valence-electron chi connectivity index (χ2n) is 5.99. The molecule has 3 heteroatoms. The van der Waals surface area contributed by atoms with Gasteiger partial charge >= 0.3 is 0 Å². The van der Waals surface area contributed by atoms with Gasteiger partial charge in [-0.2, -0.15) is 0 Å². The number of aliphatic hydroxyl groups excluding tert-OH is 2.